The van der Waals surface area contributed by atoms with Crippen molar-refractivity contribution in [2.45, 2.75) is 25.9 Å². The quantitative estimate of drug-likeness (QED) is 0.367. The fraction of sp³-hybridized carbons (Fsp3) is 0.259. The molecule has 3 rings (SSSR count). The predicted octanol–water partition coefficient (Wildman–Crippen LogP) is 4.56. The van der Waals surface area contributed by atoms with Gasteiger partial charge in [0.05, 0.1) is 11.9 Å². The van der Waals surface area contributed by atoms with Gasteiger partial charge in [0.2, 0.25) is 21.8 Å². The topological polar surface area (TPSA) is 86.8 Å². The van der Waals surface area contributed by atoms with Crippen molar-refractivity contribution < 1.29 is 18.0 Å². The number of nitrogens with zero attached hydrogens (tertiary/aromatic N) is 2. The molecule has 2 amide bonds. The molecule has 196 valence electrons. The lowest BCUT2D eigenvalue weighted by atomic mass is 10.0. The van der Waals surface area contributed by atoms with Crippen LogP contribution in [-0.4, -0.2) is 51.0 Å². The third-order valence-corrected chi connectivity index (χ3v) is 8.04. The van der Waals surface area contributed by atoms with E-state index in [0.717, 1.165) is 26.2 Å². The zero-order valence-electron chi connectivity index (χ0n) is 20.8. The molecule has 0 aliphatic heterocycles. The van der Waals surface area contributed by atoms with Crippen LogP contribution < -0.4 is 9.62 Å². The van der Waals surface area contributed by atoms with Gasteiger partial charge in [-0.15, -0.1) is 0 Å². The average molecular weight is 607 g/mol. The maximum Gasteiger partial charge on any atom is 0.244 e. The van der Waals surface area contributed by atoms with Crippen LogP contribution in [0.3, 0.4) is 0 Å². The molecular formula is C27H29BrClN3O4S. The van der Waals surface area contributed by atoms with Gasteiger partial charge in [0.25, 0.3) is 0 Å². The van der Waals surface area contributed by atoms with E-state index in [0.29, 0.717) is 16.3 Å². The third kappa shape index (κ3) is 7.56. The lowest BCUT2D eigenvalue weighted by Gasteiger charge is -2.33. The fourth-order valence-corrected chi connectivity index (χ4v) is 5.30. The summed E-state index contributed by atoms with van der Waals surface area (Å²) in [5, 5.41) is 3.04. The van der Waals surface area contributed by atoms with E-state index in [-0.39, 0.29) is 18.9 Å². The lowest BCUT2D eigenvalue weighted by molar-refractivity contribution is -0.139. The van der Waals surface area contributed by atoms with E-state index >= 15 is 0 Å². The summed E-state index contributed by atoms with van der Waals surface area (Å²) in [5.41, 5.74) is 2.51. The molecule has 3 aromatic rings. The Balaban J connectivity index is 2.05. The van der Waals surface area contributed by atoms with Crippen molar-refractivity contribution in [3.05, 3.63) is 99.0 Å². The number of amides is 2. The molecule has 0 saturated heterocycles. The summed E-state index contributed by atoms with van der Waals surface area (Å²) < 4.78 is 27.6. The number of halogens is 2. The lowest BCUT2D eigenvalue weighted by Crippen LogP contribution is -2.53. The van der Waals surface area contributed by atoms with Crippen molar-refractivity contribution in [1.29, 1.82) is 0 Å². The first-order valence-electron chi connectivity index (χ1n) is 11.5. The maximum atomic E-state index is 13.9. The van der Waals surface area contributed by atoms with Gasteiger partial charge in [0.15, 0.2) is 0 Å². The molecule has 0 aliphatic carbocycles. The minimum atomic E-state index is -3.85. The molecule has 0 fully saturated rings. The van der Waals surface area contributed by atoms with Gasteiger partial charge < -0.3 is 10.2 Å². The van der Waals surface area contributed by atoms with Crippen molar-refractivity contribution in [3.63, 3.8) is 0 Å². The second kappa shape index (κ2) is 12.6. The van der Waals surface area contributed by atoms with Crippen molar-refractivity contribution in [3.8, 4) is 0 Å². The van der Waals surface area contributed by atoms with Crippen LogP contribution >= 0.6 is 27.5 Å². The normalized spacial score (nSPS) is 12.0. The summed E-state index contributed by atoms with van der Waals surface area (Å²) in [4.78, 5) is 28.4. The first kappa shape index (κ1) is 28.7. The van der Waals surface area contributed by atoms with Gasteiger partial charge in [-0.1, -0.05) is 76.1 Å². The summed E-state index contributed by atoms with van der Waals surface area (Å²) in [6.07, 6.45) is 1.30. The van der Waals surface area contributed by atoms with Gasteiger partial charge >= 0.3 is 0 Å². The monoisotopic (exact) mass is 605 g/mol. The van der Waals surface area contributed by atoms with Crippen molar-refractivity contribution in [2.24, 2.45) is 0 Å². The Morgan fingerprint density at radius 3 is 2.22 bits per heavy atom. The number of hydrogen-bond acceptors (Lipinski definition) is 4. The zero-order chi connectivity index (χ0) is 27.2. The highest BCUT2D eigenvalue weighted by molar-refractivity contribution is 9.10. The minimum Gasteiger partial charge on any atom is -0.357 e. The fourth-order valence-electron chi connectivity index (χ4n) is 3.97. The number of anilines is 1. The highest BCUT2D eigenvalue weighted by atomic mass is 79.9. The number of carbonyl (C=O) groups excluding carboxylic acids is 2. The largest absolute Gasteiger partial charge is 0.357 e. The smallest absolute Gasteiger partial charge is 0.244 e. The molecule has 0 unspecified atom stereocenters. The number of sulfonamides is 1. The number of rotatable bonds is 10. The second-order valence-electron chi connectivity index (χ2n) is 8.62. The summed E-state index contributed by atoms with van der Waals surface area (Å²) in [7, 11) is -2.34. The molecule has 37 heavy (non-hydrogen) atoms. The minimum absolute atomic E-state index is 0.114. The molecule has 0 bridgehead atoms. The van der Waals surface area contributed by atoms with Gasteiger partial charge in [0, 0.05) is 29.5 Å². The van der Waals surface area contributed by atoms with E-state index in [2.05, 4.69) is 21.2 Å². The molecule has 0 radical (unpaired) electrons. The van der Waals surface area contributed by atoms with Crippen LogP contribution in [0.15, 0.2) is 77.3 Å². The second-order valence-corrected chi connectivity index (χ2v) is 11.9. The molecule has 1 atom stereocenters. The van der Waals surface area contributed by atoms with Gasteiger partial charge in [-0.2, -0.15) is 0 Å². The maximum absolute atomic E-state index is 13.9. The van der Waals surface area contributed by atoms with Gasteiger partial charge in [-0.25, -0.2) is 8.42 Å². The van der Waals surface area contributed by atoms with Crippen LogP contribution in [0.1, 0.15) is 16.7 Å². The van der Waals surface area contributed by atoms with Crippen LogP contribution in [0.4, 0.5) is 5.69 Å². The Morgan fingerprint density at radius 2 is 1.62 bits per heavy atom. The summed E-state index contributed by atoms with van der Waals surface area (Å²) >= 11 is 9.67. The molecule has 10 heteroatoms. The average Bonchev–Trinajstić information content (AvgIpc) is 2.87. The van der Waals surface area contributed by atoms with Gasteiger partial charge in [0.1, 0.15) is 12.6 Å². The van der Waals surface area contributed by atoms with Gasteiger partial charge in [-0.3, -0.25) is 13.9 Å². The highest BCUT2D eigenvalue weighted by Gasteiger charge is 2.33. The SMILES string of the molecule is CNC(=O)[C@@H](Cc1ccccc1)N(Cc1ccc(Br)cc1)C(=O)CN(c1cccc(Cl)c1C)S(C)(=O)=O. The molecule has 1 N–H and O–H groups in total. The van der Waals surface area contributed by atoms with Crippen LogP contribution in [-0.2, 0) is 32.6 Å². The Labute approximate surface area is 231 Å². The van der Waals surface area contributed by atoms with E-state index in [1.54, 1.807) is 25.1 Å². The molecule has 0 heterocycles. The van der Waals surface area contributed by atoms with Crippen LogP contribution in [0, 0.1) is 6.92 Å². The Kier molecular flexibility index (Phi) is 9.75. The third-order valence-electron chi connectivity index (χ3n) is 5.97. The van der Waals surface area contributed by atoms with E-state index in [1.807, 2.05) is 54.6 Å². The van der Waals surface area contributed by atoms with Crippen LogP contribution in [0.5, 0.6) is 0 Å². The molecule has 0 aromatic heterocycles. The number of carbonyl (C=O) groups is 2. The highest BCUT2D eigenvalue weighted by Crippen LogP contribution is 2.28. The molecular weight excluding hydrogens is 578 g/mol. The number of nitrogens with one attached hydrogen (secondary N) is 1. The summed E-state index contributed by atoms with van der Waals surface area (Å²) in [5.74, 6) is -0.864. The Hall–Kier alpha value is -2.88. The van der Waals surface area contributed by atoms with Crippen molar-refractivity contribution in [1.82, 2.24) is 10.2 Å². The van der Waals surface area contributed by atoms with Crippen molar-refractivity contribution in [2.75, 3.05) is 24.2 Å². The van der Waals surface area contributed by atoms with E-state index < -0.39 is 28.5 Å². The first-order chi connectivity index (χ1) is 17.5. The Morgan fingerprint density at radius 1 is 0.973 bits per heavy atom. The van der Waals surface area contributed by atoms with E-state index in [9.17, 15) is 18.0 Å². The molecule has 3 aromatic carbocycles. The van der Waals surface area contributed by atoms with E-state index in [4.69, 9.17) is 11.6 Å². The first-order valence-corrected chi connectivity index (χ1v) is 14.6. The molecule has 0 aliphatic rings. The predicted molar refractivity (Wildman–Crippen MR) is 151 cm³/mol. The van der Waals surface area contributed by atoms with E-state index in [1.165, 1.54) is 11.9 Å². The Bertz CT molecular complexity index is 1350. The number of hydrogen-bond donors (Lipinski definition) is 1. The zero-order valence-corrected chi connectivity index (χ0v) is 24.0. The van der Waals surface area contributed by atoms with Gasteiger partial charge in [-0.05, 0) is 47.9 Å². The van der Waals surface area contributed by atoms with Crippen LogP contribution in [0.25, 0.3) is 0 Å². The summed E-state index contributed by atoms with van der Waals surface area (Å²) in [6.45, 7) is 1.32. The number of benzene rings is 3. The molecule has 7 nitrogen and oxygen atoms in total. The van der Waals surface area contributed by atoms with Crippen molar-refractivity contribution >= 4 is 55.1 Å². The standard InChI is InChI=1S/C27H29BrClN3O4S/c1-19-23(29)10-7-11-24(19)32(37(3,35)36)18-26(33)31(17-21-12-14-22(28)15-13-21)25(27(34)30-2)16-20-8-5-4-6-9-20/h4-15,25H,16-18H2,1-3H3,(H,30,34)/t25-/m1/s1. The van der Waals surface area contributed by atoms with Crippen LogP contribution in [0.2, 0.25) is 5.02 Å². The summed E-state index contributed by atoms with van der Waals surface area (Å²) in [6, 6.07) is 20.8. The molecule has 0 saturated carbocycles. The molecule has 0 spiro atoms. The number of likely N-dealkylation sites (N-methyl/N-ethyl adjacent to an activating group) is 1.